The van der Waals surface area contributed by atoms with E-state index in [0.717, 1.165) is 31.5 Å². The molecule has 1 heterocycles. The zero-order chi connectivity index (χ0) is 18.9. The van der Waals surface area contributed by atoms with E-state index >= 15 is 0 Å². The van der Waals surface area contributed by atoms with E-state index in [0.29, 0.717) is 24.4 Å². The van der Waals surface area contributed by atoms with Crippen LogP contribution in [0.25, 0.3) is 0 Å². The third-order valence-electron chi connectivity index (χ3n) is 4.44. The lowest BCUT2D eigenvalue weighted by atomic mass is 9.95. The lowest BCUT2D eigenvalue weighted by molar-refractivity contribution is -0.139. The van der Waals surface area contributed by atoms with E-state index in [-0.39, 0.29) is 6.03 Å². The van der Waals surface area contributed by atoms with Crippen molar-refractivity contribution in [1.82, 2.24) is 15.5 Å². The maximum atomic E-state index is 12.7. The molecule has 142 valence electrons. The number of carbonyl (C=O) groups is 2. The van der Waals surface area contributed by atoms with Crippen molar-refractivity contribution in [3.63, 3.8) is 0 Å². The van der Waals surface area contributed by atoms with Gasteiger partial charge in [-0.25, -0.2) is 9.59 Å². The Balaban J connectivity index is 2.40. The first kappa shape index (κ1) is 20.0. The summed E-state index contributed by atoms with van der Waals surface area (Å²) in [6.07, 6.45) is 2.17. The van der Waals surface area contributed by atoms with Crippen molar-refractivity contribution in [1.29, 1.82) is 0 Å². The van der Waals surface area contributed by atoms with Crippen LogP contribution >= 0.6 is 0 Å². The summed E-state index contributed by atoms with van der Waals surface area (Å²) in [6.45, 7) is 8.58. The first-order valence-corrected chi connectivity index (χ1v) is 9.35. The summed E-state index contributed by atoms with van der Waals surface area (Å²) in [5, 5.41) is 5.69. The zero-order valence-electron chi connectivity index (χ0n) is 15.9. The minimum absolute atomic E-state index is 0.290. The number of unbranched alkanes of at least 4 members (excludes halogenated alkanes) is 1. The van der Waals surface area contributed by atoms with Gasteiger partial charge in [-0.1, -0.05) is 50.6 Å². The molecule has 2 rings (SSSR count). The second-order valence-corrected chi connectivity index (χ2v) is 6.28. The van der Waals surface area contributed by atoms with Gasteiger partial charge in [0, 0.05) is 12.2 Å². The minimum atomic E-state index is -0.510. The lowest BCUT2D eigenvalue weighted by Crippen LogP contribution is -2.48. The van der Waals surface area contributed by atoms with Gasteiger partial charge in [0.2, 0.25) is 0 Å². The Kier molecular flexibility index (Phi) is 7.66. The Morgan fingerprint density at radius 2 is 1.92 bits per heavy atom. The average molecular weight is 359 g/mol. The van der Waals surface area contributed by atoms with Crippen molar-refractivity contribution in [2.75, 3.05) is 26.2 Å². The molecule has 0 aromatic heterocycles. The van der Waals surface area contributed by atoms with Crippen LogP contribution in [0.15, 0.2) is 41.6 Å². The molecule has 2 N–H and O–H groups in total. The van der Waals surface area contributed by atoms with Crippen molar-refractivity contribution in [3.05, 3.63) is 47.2 Å². The van der Waals surface area contributed by atoms with Crippen LogP contribution in [0.3, 0.4) is 0 Å². The predicted molar refractivity (Wildman–Crippen MR) is 102 cm³/mol. The number of hydrogen-bond donors (Lipinski definition) is 2. The largest absolute Gasteiger partial charge is 0.463 e. The average Bonchev–Trinajstić information content (AvgIpc) is 2.65. The highest BCUT2D eigenvalue weighted by Crippen LogP contribution is 2.28. The van der Waals surface area contributed by atoms with Crippen molar-refractivity contribution < 1.29 is 14.3 Å². The standard InChI is InChI=1S/C20H29N3O3/c1-4-7-13-23(5-2)14-16-17(19(24)26-6-3)18(22-20(25)21-16)15-11-9-8-10-12-15/h8-12,18H,4-7,13-14H2,1-3H3,(H2,21,22,25). The van der Waals surface area contributed by atoms with Crippen LogP contribution in [-0.2, 0) is 9.53 Å². The van der Waals surface area contributed by atoms with Gasteiger partial charge in [0.15, 0.2) is 0 Å². The van der Waals surface area contributed by atoms with Gasteiger partial charge in [-0.3, -0.25) is 4.90 Å². The molecule has 1 aromatic carbocycles. The number of rotatable bonds is 9. The van der Waals surface area contributed by atoms with E-state index < -0.39 is 12.0 Å². The molecule has 1 aliphatic rings. The Morgan fingerprint density at radius 3 is 2.54 bits per heavy atom. The summed E-state index contributed by atoms with van der Waals surface area (Å²) < 4.78 is 5.29. The number of carbonyl (C=O) groups excluding carboxylic acids is 2. The lowest BCUT2D eigenvalue weighted by Gasteiger charge is -2.32. The summed E-state index contributed by atoms with van der Waals surface area (Å²) in [7, 11) is 0. The molecule has 0 saturated carbocycles. The van der Waals surface area contributed by atoms with Crippen LogP contribution in [0.2, 0.25) is 0 Å². The molecule has 0 radical (unpaired) electrons. The molecule has 0 saturated heterocycles. The highest BCUT2D eigenvalue weighted by atomic mass is 16.5. The van der Waals surface area contributed by atoms with Gasteiger partial charge in [0.25, 0.3) is 0 Å². The molecular weight excluding hydrogens is 330 g/mol. The molecule has 1 aliphatic heterocycles. The van der Waals surface area contributed by atoms with Gasteiger partial charge in [-0.2, -0.15) is 0 Å². The quantitative estimate of drug-likeness (QED) is 0.665. The minimum Gasteiger partial charge on any atom is -0.463 e. The number of esters is 1. The molecule has 1 atom stereocenters. The summed E-state index contributed by atoms with van der Waals surface area (Å²) in [6, 6.07) is 8.70. The summed E-state index contributed by atoms with van der Waals surface area (Å²) in [5.74, 6) is -0.393. The number of nitrogens with zero attached hydrogens (tertiary/aromatic N) is 1. The van der Waals surface area contributed by atoms with Gasteiger partial charge in [0.05, 0.1) is 18.2 Å². The van der Waals surface area contributed by atoms with Crippen molar-refractivity contribution >= 4 is 12.0 Å². The van der Waals surface area contributed by atoms with Crippen LogP contribution in [0.4, 0.5) is 4.79 Å². The number of amides is 2. The summed E-state index contributed by atoms with van der Waals surface area (Å²) in [5.41, 5.74) is 1.96. The van der Waals surface area contributed by atoms with Crippen LogP contribution in [-0.4, -0.2) is 43.1 Å². The normalized spacial score (nSPS) is 17.1. The molecule has 6 heteroatoms. The molecule has 26 heavy (non-hydrogen) atoms. The first-order valence-electron chi connectivity index (χ1n) is 9.35. The maximum Gasteiger partial charge on any atom is 0.338 e. The van der Waals surface area contributed by atoms with Gasteiger partial charge < -0.3 is 15.4 Å². The smallest absolute Gasteiger partial charge is 0.338 e. The monoisotopic (exact) mass is 359 g/mol. The van der Waals surface area contributed by atoms with Crippen LogP contribution in [0.5, 0.6) is 0 Å². The van der Waals surface area contributed by atoms with Gasteiger partial charge in [-0.05, 0) is 32.0 Å². The summed E-state index contributed by atoms with van der Waals surface area (Å²) >= 11 is 0. The molecule has 1 aromatic rings. The Hall–Kier alpha value is -2.34. The molecule has 1 unspecified atom stereocenters. The van der Waals surface area contributed by atoms with Gasteiger partial charge in [-0.15, -0.1) is 0 Å². The fourth-order valence-electron chi connectivity index (χ4n) is 3.04. The third-order valence-corrected chi connectivity index (χ3v) is 4.44. The van der Waals surface area contributed by atoms with E-state index in [2.05, 4.69) is 29.4 Å². The van der Waals surface area contributed by atoms with E-state index in [4.69, 9.17) is 4.74 Å². The first-order chi connectivity index (χ1) is 12.6. The summed E-state index contributed by atoms with van der Waals surface area (Å²) in [4.78, 5) is 27.2. The third kappa shape index (κ3) is 5.08. The Labute approximate surface area is 155 Å². The number of urea groups is 1. The maximum absolute atomic E-state index is 12.7. The second kappa shape index (κ2) is 9.97. The number of hydrogen-bond acceptors (Lipinski definition) is 4. The number of nitrogens with one attached hydrogen (secondary N) is 2. The fraction of sp³-hybridized carbons (Fsp3) is 0.500. The topological polar surface area (TPSA) is 70.7 Å². The molecule has 0 bridgehead atoms. The highest BCUT2D eigenvalue weighted by molar-refractivity contribution is 5.95. The van der Waals surface area contributed by atoms with Crippen molar-refractivity contribution in [2.24, 2.45) is 0 Å². The van der Waals surface area contributed by atoms with E-state index in [9.17, 15) is 9.59 Å². The second-order valence-electron chi connectivity index (χ2n) is 6.28. The van der Waals surface area contributed by atoms with E-state index in [1.807, 2.05) is 30.3 Å². The molecule has 2 amide bonds. The number of benzene rings is 1. The van der Waals surface area contributed by atoms with E-state index in [1.165, 1.54) is 0 Å². The highest BCUT2D eigenvalue weighted by Gasteiger charge is 2.34. The van der Waals surface area contributed by atoms with Gasteiger partial charge >= 0.3 is 12.0 Å². The Morgan fingerprint density at radius 1 is 1.19 bits per heavy atom. The van der Waals surface area contributed by atoms with Crippen LogP contribution in [0.1, 0.15) is 45.2 Å². The molecular formula is C20H29N3O3. The SMILES string of the molecule is CCCCN(CC)CC1=C(C(=O)OCC)C(c2ccccc2)NC(=O)N1. The van der Waals surface area contributed by atoms with Crippen molar-refractivity contribution in [2.45, 2.75) is 39.7 Å². The van der Waals surface area contributed by atoms with Crippen molar-refractivity contribution in [3.8, 4) is 0 Å². The number of likely N-dealkylation sites (N-methyl/N-ethyl adjacent to an activating group) is 1. The van der Waals surface area contributed by atoms with Crippen LogP contribution in [0, 0.1) is 0 Å². The predicted octanol–water partition coefficient (Wildman–Crippen LogP) is 2.98. The van der Waals surface area contributed by atoms with Crippen LogP contribution < -0.4 is 10.6 Å². The molecule has 0 spiro atoms. The molecule has 6 nitrogen and oxygen atoms in total. The van der Waals surface area contributed by atoms with E-state index in [1.54, 1.807) is 6.92 Å². The Bertz CT molecular complexity index is 643. The molecule has 0 fully saturated rings. The van der Waals surface area contributed by atoms with Gasteiger partial charge in [0.1, 0.15) is 0 Å². The fourth-order valence-corrected chi connectivity index (χ4v) is 3.04. The zero-order valence-corrected chi connectivity index (χ0v) is 15.9. The molecule has 0 aliphatic carbocycles. The number of ether oxygens (including phenoxy) is 1.